The number of para-hydroxylation sites is 1. The molecule has 0 unspecified atom stereocenters. The number of esters is 2. The highest BCUT2D eigenvalue weighted by molar-refractivity contribution is 6.02. The number of ether oxygens (including phenoxy) is 2. The molecule has 1 aliphatic heterocycles. The third-order valence-electron chi connectivity index (χ3n) is 5.26. The first-order chi connectivity index (χ1) is 13.5. The van der Waals surface area contributed by atoms with Gasteiger partial charge in [0.15, 0.2) is 0 Å². The monoisotopic (exact) mass is 390 g/mol. The topological polar surface area (TPSA) is 76.2 Å². The summed E-state index contributed by atoms with van der Waals surface area (Å²) in [5.41, 5.74) is -0.334. The summed E-state index contributed by atoms with van der Waals surface area (Å²) in [7, 11) is 2.74. The third kappa shape index (κ3) is 4.90. The van der Waals surface area contributed by atoms with Gasteiger partial charge in [0.25, 0.3) is 0 Å². The van der Waals surface area contributed by atoms with Crippen LogP contribution in [0, 0.1) is 0 Å². The minimum atomic E-state index is -1.04. The second kappa shape index (κ2) is 10.2. The number of hydrogen-bond acceptors (Lipinski definition) is 6. The lowest BCUT2D eigenvalue weighted by Gasteiger charge is -2.46. The van der Waals surface area contributed by atoms with E-state index in [1.165, 1.54) is 14.2 Å². The second-order valence-electron chi connectivity index (χ2n) is 7.01. The molecule has 1 fully saturated rings. The summed E-state index contributed by atoms with van der Waals surface area (Å²) < 4.78 is 9.85. The zero-order valence-corrected chi connectivity index (χ0v) is 17.0. The van der Waals surface area contributed by atoms with E-state index in [4.69, 9.17) is 9.47 Å². The Kier molecular flexibility index (Phi) is 7.99. The van der Waals surface area contributed by atoms with Crippen LogP contribution in [0.1, 0.15) is 39.0 Å². The summed E-state index contributed by atoms with van der Waals surface area (Å²) in [4.78, 5) is 41.1. The molecular weight excluding hydrogens is 360 g/mol. The van der Waals surface area contributed by atoms with Gasteiger partial charge >= 0.3 is 11.9 Å². The Hall–Kier alpha value is -2.41. The maximum absolute atomic E-state index is 13.0. The van der Waals surface area contributed by atoms with E-state index in [1.54, 1.807) is 4.90 Å². The van der Waals surface area contributed by atoms with E-state index < -0.39 is 11.5 Å². The van der Waals surface area contributed by atoms with Crippen molar-refractivity contribution in [1.82, 2.24) is 4.90 Å². The molecule has 0 aromatic heterocycles. The number of anilines is 1. The Morgan fingerprint density at radius 1 is 1.04 bits per heavy atom. The minimum Gasteiger partial charge on any atom is -0.469 e. The van der Waals surface area contributed by atoms with Crippen LogP contribution in [0.25, 0.3) is 0 Å². The zero-order chi connectivity index (χ0) is 20.6. The number of piperidine rings is 1. The van der Waals surface area contributed by atoms with Crippen molar-refractivity contribution >= 4 is 23.5 Å². The molecule has 0 bridgehead atoms. The van der Waals surface area contributed by atoms with Gasteiger partial charge in [-0.15, -0.1) is 0 Å². The van der Waals surface area contributed by atoms with Crippen LogP contribution < -0.4 is 4.90 Å². The summed E-state index contributed by atoms with van der Waals surface area (Å²) in [6, 6.07) is 9.30. The highest BCUT2D eigenvalue weighted by Crippen LogP contribution is 2.35. The molecule has 0 radical (unpaired) electrons. The SMILES string of the molecule is CCCC(=O)N(c1ccccc1)C1(C(=O)OC)CCN(CCC(=O)OC)CC1. The van der Waals surface area contributed by atoms with Crippen molar-refractivity contribution in [2.24, 2.45) is 0 Å². The maximum atomic E-state index is 13.0. The average molecular weight is 390 g/mol. The molecule has 1 aromatic carbocycles. The standard InChI is InChI=1S/C21H30N2O5/c1-4-8-18(24)23(17-9-6-5-7-10-17)21(20(26)28-3)12-15-22(16-13-21)14-11-19(25)27-2/h5-7,9-10H,4,8,11-16H2,1-3H3. The number of rotatable bonds is 8. The molecule has 1 aliphatic rings. The molecule has 7 heteroatoms. The number of carbonyl (C=O) groups is 3. The maximum Gasteiger partial charge on any atom is 0.332 e. The predicted molar refractivity (Wildman–Crippen MR) is 106 cm³/mol. The van der Waals surface area contributed by atoms with Crippen molar-refractivity contribution in [3.63, 3.8) is 0 Å². The van der Waals surface area contributed by atoms with Gasteiger partial charge in [0.05, 0.1) is 20.6 Å². The lowest BCUT2D eigenvalue weighted by molar-refractivity contribution is -0.151. The highest BCUT2D eigenvalue weighted by Gasteiger charge is 2.49. The molecule has 0 saturated carbocycles. The van der Waals surface area contributed by atoms with Crippen molar-refractivity contribution in [2.75, 3.05) is 38.8 Å². The van der Waals surface area contributed by atoms with Crippen LogP contribution in [-0.2, 0) is 23.9 Å². The van der Waals surface area contributed by atoms with Crippen LogP contribution in [0.2, 0.25) is 0 Å². The Labute approximate surface area is 166 Å². The van der Waals surface area contributed by atoms with E-state index in [0.29, 0.717) is 57.4 Å². The first-order valence-electron chi connectivity index (χ1n) is 9.74. The molecular formula is C21H30N2O5. The fourth-order valence-electron chi connectivity index (χ4n) is 3.74. The molecule has 2 rings (SSSR count). The largest absolute Gasteiger partial charge is 0.469 e. The number of nitrogens with zero attached hydrogens (tertiary/aromatic N) is 2. The van der Waals surface area contributed by atoms with Crippen LogP contribution in [0.15, 0.2) is 30.3 Å². The zero-order valence-electron chi connectivity index (χ0n) is 17.0. The van der Waals surface area contributed by atoms with Gasteiger partial charge < -0.3 is 14.4 Å². The number of likely N-dealkylation sites (tertiary alicyclic amines) is 1. The molecule has 1 aromatic rings. The Morgan fingerprint density at radius 3 is 2.21 bits per heavy atom. The summed E-state index contributed by atoms with van der Waals surface area (Å²) in [5.74, 6) is -0.732. The second-order valence-corrected chi connectivity index (χ2v) is 7.01. The first-order valence-corrected chi connectivity index (χ1v) is 9.74. The van der Waals surface area contributed by atoms with Crippen LogP contribution in [0.5, 0.6) is 0 Å². The minimum absolute atomic E-state index is 0.0814. The number of carbonyl (C=O) groups excluding carboxylic acids is 3. The van der Waals surface area contributed by atoms with Crippen LogP contribution in [-0.4, -0.2) is 62.1 Å². The number of methoxy groups -OCH3 is 2. The lowest BCUT2D eigenvalue weighted by Crippen LogP contribution is -2.62. The molecule has 1 saturated heterocycles. The first kappa shape index (κ1) is 21.9. The molecule has 0 spiro atoms. The summed E-state index contributed by atoms with van der Waals surface area (Å²) in [5, 5.41) is 0. The normalized spacial score (nSPS) is 16.2. The van der Waals surface area contributed by atoms with Gasteiger partial charge in [-0.25, -0.2) is 4.79 Å². The van der Waals surface area contributed by atoms with Crippen molar-refractivity contribution in [3.8, 4) is 0 Å². The van der Waals surface area contributed by atoms with Crippen molar-refractivity contribution in [2.45, 2.75) is 44.6 Å². The molecule has 28 heavy (non-hydrogen) atoms. The lowest BCUT2D eigenvalue weighted by atomic mass is 9.84. The molecule has 0 N–H and O–H groups in total. The fourth-order valence-corrected chi connectivity index (χ4v) is 3.74. The summed E-state index contributed by atoms with van der Waals surface area (Å²) >= 11 is 0. The van der Waals surface area contributed by atoms with E-state index >= 15 is 0 Å². The van der Waals surface area contributed by atoms with Gasteiger partial charge in [-0.2, -0.15) is 0 Å². The smallest absolute Gasteiger partial charge is 0.332 e. The van der Waals surface area contributed by atoms with Crippen LogP contribution >= 0.6 is 0 Å². The van der Waals surface area contributed by atoms with E-state index in [1.807, 2.05) is 37.3 Å². The molecule has 154 valence electrons. The third-order valence-corrected chi connectivity index (χ3v) is 5.26. The Balaban J connectivity index is 2.29. The Bertz CT molecular complexity index is 669. The van der Waals surface area contributed by atoms with Crippen molar-refractivity contribution in [1.29, 1.82) is 0 Å². The number of benzene rings is 1. The molecule has 0 atom stereocenters. The van der Waals surface area contributed by atoms with Gasteiger partial charge in [0.2, 0.25) is 5.91 Å². The molecule has 0 aliphatic carbocycles. The highest BCUT2D eigenvalue weighted by atomic mass is 16.5. The fraction of sp³-hybridized carbons (Fsp3) is 0.571. The van der Waals surface area contributed by atoms with Crippen LogP contribution in [0.4, 0.5) is 5.69 Å². The predicted octanol–water partition coefficient (Wildman–Crippen LogP) is 2.39. The van der Waals surface area contributed by atoms with Crippen molar-refractivity contribution < 1.29 is 23.9 Å². The van der Waals surface area contributed by atoms with Gasteiger partial charge in [0.1, 0.15) is 5.54 Å². The number of amides is 1. The van der Waals surface area contributed by atoms with Gasteiger partial charge in [-0.1, -0.05) is 25.1 Å². The molecule has 7 nitrogen and oxygen atoms in total. The molecule has 1 heterocycles. The van der Waals surface area contributed by atoms with Gasteiger partial charge in [-0.3, -0.25) is 14.5 Å². The van der Waals surface area contributed by atoms with Crippen molar-refractivity contribution in [3.05, 3.63) is 30.3 Å². The van der Waals surface area contributed by atoms with E-state index in [0.717, 1.165) is 0 Å². The average Bonchev–Trinajstić information content (AvgIpc) is 2.73. The Morgan fingerprint density at radius 2 is 1.68 bits per heavy atom. The number of hydrogen-bond donors (Lipinski definition) is 0. The summed E-state index contributed by atoms with van der Waals surface area (Å²) in [6.07, 6.45) is 2.26. The van der Waals surface area contributed by atoms with Gasteiger partial charge in [0, 0.05) is 31.7 Å². The quantitative estimate of drug-likeness (QED) is 0.635. The van der Waals surface area contributed by atoms with Gasteiger partial charge in [-0.05, 0) is 31.4 Å². The summed E-state index contributed by atoms with van der Waals surface area (Å²) in [6.45, 7) is 3.70. The van der Waals surface area contributed by atoms with E-state index in [2.05, 4.69) is 4.90 Å². The van der Waals surface area contributed by atoms with E-state index in [-0.39, 0.29) is 11.9 Å². The molecule has 1 amide bonds. The van der Waals surface area contributed by atoms with Crippen LogP contribution in [0.3, 0.4) is 0 Å². The van der Waals surface area contributed by atoms with E-state index in [9.17, 15) is 14.4 Å².